The predicted octanol–water partition coefficient (Wildman–Crippen LogP) is 2.37. The van der Waals surface area contributed by atoms with Crippen molar-refractivity contribution in [3.8, 4) is 0 Å². The van der Waals surface area contributed by atoms with E-state index < -0.39 is 5.91 Å². The maximum absolute atomic E-state index is 11.9. The van der Waals surface area contributed by atoms with Gasteiger partial charge in [0.2, 0.25) is 0 Å². The Labute approximate surface area is 127 Å². The fourth-order valence-electron chi connectivity index (χ4n) is 1.66. The van der Waals surface area contributed by atoms with Crippen LogP contribution in [0.3, 0.4) is 0 Å². The number of rotatable bonds is 3. The molecule has 5 nitrogen and oxygen atoms in total. The fourth-order valence-corrected chi connectivity index (χ4v) is 1.77. The van der Waals surface area contributed by atoms with Gasteiger partial charge in [-0.05, 0) is 36.2 Å². The lowest BCUT2D eigenvalue weighted by molar-refractivity contribution is 0.0846. The summed E-state index contributed by atoms with van der Waals surface area (Å²) in [6.07, 6.45) is 2.24. The highest BCUT2D eigenvalue weighted by atomic mass is 35.5. The molecule has 2 N–H and O–H groups in total. The maximum atomic E-state index is 11.9. The second kappa shape index (κ2) is 6.85. The Balaban J connectivity index is 1.93. The van der Waals surface area contributed by atoms with E-state index in [1.807, 2.05) is 19.1 Å². The van der Waals surface area contributed by atoms with Gasteiger partial charge in [0.05, 0.1) is 5.56 Å². The normalized spacial score (nSPS) is 10.0. The zero-order chi connectivity index (χ0) is 15.2. The highest BCUT2D eigenvalue weighted by Crippen LogP contribution is 2.06. The largest absolute Gasteiger partial charge is 0.271 e. The molecule has 1 heterocycles. The lowest BCUT2D eigenvalue weighted by Crippen LogP contribution is -2.41. The molecule has 21 heavy (non-hydrogen) atoms. The number of hydrogen-bond donors (Lipinski definition) is 2. The number of nitrogens with one attached hydrogen (secondary N) is 2. The number of halogens is 1. The average molecular weight is 304 g/mol. The zero-order valence-corrected chi connectivity index (χ0v) is 12.1. The van der Waals surface area contributed by atoms with Crippen LogP contribution in [0, 0.1) is 0 Å². The van der Waals surface area contributed by atoms with E-state index in [0.29, 0.717) is 16.3 Å². The van der Waals surface area contributed by atoms with Crippen LogP contribution in [-0.4, -0.2) is 16.8 Å². The first-order valence-electron chi connectivity index (χ1n) is 6.41. The van der Waals surface area contributed by atoms with E-state index in [4.69, 9.17) is 11.6 Å². The van der Waals surface area contributed by atoms with Crippen molar-refractivity contribution in [3.05, 3.63) is 64.4 Å². The van der Waals surface area contributed by atoms with Gasteiger partial charge in [0.25, 0.3) is 11.8 Å². The van der Waals surface area contributed by atoms with Gasteiger partial charge in [0.15, 0.2) is 0 Å². The smallest absolute Gasteiger partial charge is 0.267 e. The molecule has 0 aliphatic carbocycles. The summed E-state index contributed by atoms with van der Waals surface area (Å²) in [6.45, 7) is 2.04. The van der Waals surface area contributed by atoms with Crippen molar-refractivity contribution >= 4 is 23.4 Å². The molecule has 6 heteroatoms. The van der Waals surface area contributed by atoms with Gasteiger partial charge in [-0.1, -0.05) is 30.7 Å². The quantitative estimate of drug-likeness (QED) is 0.675. The number of hydrazine groups is 1. The van der Waals surface area contributed by atoms with Crippen LogP contribution < -0.4 is 10.9 Å². The summed E-state index contributed by atoms with van der Waals surface area (Å²) in [4.78, 5) is 27.5. The first-order valence-corrected chi connectivity index (χ1v) is 6.79. The third kappa shape index (κ3) is 4.03. The van der Waals surface area contributed by atoms with Crippen LogP contribution in [0.1, 0.15) is 33.2 Å². The number of carbonyl (C=O) groups is 2. The van der Waals surface area contributed by atoms with E-state index >= 15 is 0 Å². The highest BCUT2D eigenvalue weighted by Gasteiger charge is 2.09. The number of carbonyl (C=O) groups excluding carboxylic acids is 2. The predicted molar refractivity (Wildman–Crippen MR) is 80.0 cm³/mol. The molecule has 0 unspecified atom stereocenters. The van der Waals surface area contributed by atoms with Crippen LogP contribution in [-0.2, 0) is 6.42 Å². The van der Waals surface area contributed by atoms with Crippen LogP contribution in [0.2, 0.25) is 5.15 Å². The average Bonchev–Trinajstić information content (AvgIpc) is 2.53. The molecule has 0 aliphatic rings. The second-order valence-electron chi connectivity index (χ2n) is 4.33. The number of pyridine rings is 1. The Morgan fingerprint density at radius 1 is 1.00 bits per heavy atom. The Kier molecular flexibility index (Phi) is 4.90. The number of aryl methyl sites for hydroxylation is 1. The molecule has 0 atom stereocenters. The summed E-state index contributed by atoms with van der Waals surface area (Å²) in [5.74, 6) is -0.842. The molecule has 2 amide bonds. The lowest BCUT2D eigenvalue weighted by atomic mass is 10.1. The van der Waals surface area contributed by atoms with E-state index in [1.165, 1.54) is 18.3 Å². The van der Waals surface area contributed by atoms with Crippen molar-refractivity contribution < 1.29 is 9.59 Å². The monoisotopic (exact) mass is 303 g/mol. The minimum atomic E-state index is -0.460. The summed E-state index contributed by atoms with van der Waals surface area (Å²) in [6, 6.07) is 10.2. The van der Waals surface area contributed by atoms with Crippen LogP contribution in [0.4, 0.5) is 0 Å². The minimum absolute atomic E-state index is 0.298. The van der Waals surface area contributed by atoms with Gasteiger partial charge in [0.1, 0.15) is 5.15 Å². The van der Waals surface area contributed by atoms with E-state index in [1.54, 1.807) is 12.1 Å². The number of benzene rings is 1. The van der Waals surface area contributed by atoms with Crippen LogP contribution in [0.5, 0.6) is 0 Å². The molecule has 108 valence electrons. The Morgan fingerprint density at radius 3 is 2.10 bits per heavy atom. The van der Waals surface area contributed by atoms with Gasteiger partial charge in [0, 0.05) is 11.8 Å². The minimum Gasteiger partial charge on any atom is -0.267 e. The second-order valence-corrected chi connectivity index (χ2v) is 4.72. The number of hydrogen-bond acceptors (Lipinski definition) is 3. The molecular weight excluding hydrogens is 290 g/mol. The van der Waals surface area contributed by atoms with Gasteiger partial charge in [-0.2, -0.15) is 0 Å². The Hall–Kier alpha value is -2.40. The third-order valence-electron chi connectivity index (χ3n) is 2.90. The van der Waals surface area contributed by atoms with Gasteiger partial charge in [-0.15, -0.1) is 0 Å². The summed E-state index contributed by atoms with van der Waals surface area (Å²) in [5, 5.41) is 0.298. The van der Waals surface area contributed by atoms with E-state index in [0.717, 1.165) is 12.0 Å². The van der Waals surface area contributed by atoms with Crippen molar-refractivity contribution in [1.29, 1.82) is 0 Å². The first kappa shape index (κ1) is 15.0. The van der Waals surface area contributed by atoms with Gasteiger partial charge >= 0.3 is 0 Å². The number of nitrogens with zero attached hydrogens (tertiary/aromatic N) is 1. The van der Waals surface area contributed by atoms with Crippen molar-refractivity contribution in [1.82, 2.24) is 15.8 Å². The van der Waals surface area contributed by atoms with Gasteiger partial charge < -0.3 is 0 Å². The van der Waals surface area contributed by atoms with Gasteiger partial charge in [-0.3, -0.25) is 20.4 Å². The molecule has 0 saturated heterocycles. The highest BCUT2D eigenvalue weighted by molar-refractivity contribution is 6.29. The molecule has 0 radical (unpaired) electrons. The molecular formula is C15H14ClN3O2. The number of aromatic nitrogens is 1. The standard InChI is InChI=1S/C15H14ClN3O2/c1-2-10-3-5-11(6-4-10)14(20)18-19-15(21)12-7-8-13(16)17-9-12/h3-9H,2H2,1H3,(H,18,20)(H,19,21). The van der Waals surface area contributed by atoms with Gasteiger partial charge in [-0.25, -0.2) is 4.98 Å². The molecule has 2 aromatic rings. The van der Waals surface area contributed by atoms with Crippen molar-refractivity contribution in [2.45, 2.75) is 13.3 Å². The SMILES string of the molecule is CCc1ccc(C(=O)NNC(=O)c2ccc(Cl)nc2)cc1. The molecule has 0 spiro atoms. The zero-order valence-electron chi connectivity index (χ0n) is 11.4. The maximum Gasteiger partial charge on any atom is 0.271 e. The summed E-state index contributed by atoms with van der Waals surface area (Å²) in [5.41, 5.74) is 6.60. The molecule has 2 rings (SSSR count). The number of amides is 2. The Morgan fingerprint density at radius 2 is 1.57 bits per heavy atom. The van der Waals surface area contributed by atoms with Crippen molar-refractivity contribution in [2.24, 2.45) is 0 Å². The molecule has 1 aromatic carbocycles. The third-order valence-corrected chi connectivity index (χ3v) is 3.13. The van der Waals surface area contributed by atoms with E-state index in [-0.39, 0.29) is 5.91 Å². The summed E-state index contributed by atoms with van der Waals surface area (Å²) < 4.78 is 0. The summed E-state index contributed by atoms with van der Waals surface area (Å²) >= 11 is 5.64. The topological polar surface area (TPSA) is 71.1 Å². The van der Waals surface area contributed by atoms with E-state index in [9.17, 15) is 9.59 Å². The van der Waals surface area contributed by atoms with Crippen LogP contribution >= 0.6 is 11.6 Å². The molecule has 0 fully saturated rings. The van der Waals surface area contributed by atoms with Crippen LogP contribution in [0.15, 0.2) is 42.6 Å². The molecule has 1 aromatic heterocycles. The van der Waals surface area contributed by atoms with Crippen molar-refractivity contribution in [2.75, 3.05) is 0 Å². The van der Waals surface area contributed by atoms with Crippen molar-refractivity contribution in [3.63, 3.8) is 0 Å². The summed E-state index contributed by atoms with van der Waals surface area (Å²) in [7, 11) is 0. The molecule has 0 saturated carbocycles. The lowest BCUT2D eigenvalue weighted by Gasteiger charge is -2.07. The molecule has 0 bridgehead atoms. The Bertz CT molecular complexity index is 639. The fraction of sp³-hybridized carbons (Fsp3) is 0.133. The first-order chi connectivity index (χ1) is 10.1. The molecule has 0 aliphatic heterocycles. The van der Waals surface area contributed by atoms with E-state index in [2.05, 4.69) is 15.8 Å². The van der Waals surface area contributed by atoms with Crippen LogP contribution in [0.25, 0.3) is 0 Å².